The number of benzene rings is 2. The van der Waals surface area contributed by atoms with E-state index >= 15 is 0 Å². The summed E-state index contributed by atoms with van der Waals surface area (Å²) < 4.78 is 7.10. The number of aliphatic hydroxyl groups is 1. The SMILES string of the molecule is CCc1ccc(Cn2c(NCCCO)nc3c(c2=O)CN(C(=O)OCc2ccccc2)CC3)cc1. The highest BCUT2D eigenvalue weighted by Crippen LogP contribution is 2.19. The molecule has 3 aromatic rings. The summed E-state index contributed by atoms with van der Waals surface area (Å²) in [6.45, 7) is 3.82. The monoisotopic (exact) mass is 476 g/mol. The predicted octanol–water partition coefficient (Wildman–Crippen LogP) is 3.34. The Kier molecular flexibility index (Phi) is 8.15. The van der Waals surface area contributed by atoms with Crippen LogP contribution >= 0.6 is 0 Å². The summed E-state index contributed by atoms with van der Waals surface area (Å²) in [6.07, 6.45) is 1.54. The third-order valence-electron chi connectivity index (χ3n) is 6.17. The molecule has 35 heavy (non-hydrogen) atoms. The van der Waals surface area contributed by atoms with E-state index in [-0.39, 0.29) is 25.3 Å². The van der Waals surface area contributed by atoms with Crippen LogP contribution in [0.4, 0.5) is 10.7 Å². The zero-order chi connectivity index (χ0) is 24.6. The largest absolute Gasteiger partial charge is 0.445 e. The van der Waals surface area contributed by atoms with Crippen LogP contribution < -0.4 is 10.9 Å². The van der Waals surface area contributed by atoms with E-state index in [9.17, 15) is 9.59 Å². The third-order valence-corrected chi connectivity index (χ3v) is 6.17. The lowest BCUT2D eigenvalue weighted by Crippen LogP contribution is -2.42. The van der Waals surface area contributed by atoms with E-state index in [1.165, 1.54) is 5.56 Å². The molecule has 1 aliphatic rings. The molecule has 2 N–H and O–H groups in total. The van der Waals surface area contributed by atoms with Gasteiger partial charge in [-0.05, 0) is 29.5 Å². The van der Waals surface area contributed by atoms with Gasteiger partial charge >= 0.3 is 6.09 Å². The molecular weight excluding hydrogens is 444 g/mol. The Balaban J connectivity index is 1.56. The number of carbonyl (C=O) groups excluding carboxylic acids is 1. The van der Waals surface area contributed by atoms with Crippen LogP contribution in [-0.4, -0.2) is 45.3 Å². The summed E-state index contributed by atoms with van der Waals surface area (Å²) in [4.78, 5) is 32.6. The van der Waals surface area contributed by atoms with Crippen LogP contribution in [0.15, 0.2) is 59.4 Å². The van der Waals surface area contributed by atoms with Crippen molar-refractivity contribution in [1.29, 1.82) is 0 Å². The molecular formula is C27H32N4O4. The summed E-state index contributed by atoms with van der Waals surface area (Å²) in [5.41, 5.74) is 4.19. The van der Waals surface area contributed by atoms with Crippen LogP contribution in [0.2, 0.25) is 0 Å². The summed E-state index contributed by atoms with van der Waals surface area (Å²) in [7, 11) is 0. The van der Waals surface area contributed by atoms with Gasteiger partial charge in [0.1, 0.15) is 6.61 Å². The lowest BCUT2D eigenvalue weighted by molar-refractivity contribution is 0.0913. The van der Waals surface area contributed by atoms with Crippen LogP contribution in [0, 0.1) is 0 Å². The topological polar surface area (TPSA) is 96.7 Å². The third kappa shape index (κ3) is 6.08. The van der Waals surface area contributed by atoms with Gasteiger partial charge in [-0.2, -0.15) is 0 Å². The summed E-state index contributed by atoms with van der Waals surface area (Å²) in [6, 6.07) is 17.7. The Morgan fingerprint density at radius 1 is 1.09 bits per heavy atom. The Morgan fingerprint density at radius 3 is 2.54 bits per heavy atom. The van der Waals surface area contributed by atoms with Crippen LogP contribution in [0.25, 0.3) is 0 Å². The van der Waals surface area contributed by atoms with E-state index in [1.807, 2.05) is 42.5 Å². The fourth-order valence-electron chi connectivity index (χ4n) is 4.10. The molecule has 184 valence electrons. The van der Waals surface area contributed by atoms with Gasteiger partial charge in [0.15, 0.2) is 0 Å². The molecule has 0 radical (unpaired) electrons. The number of aliphatic hydroxyl groups excluding tert-OH is 1. The van der Waals surface area contributed by atoms with Crippen molar-refractivity contribution in [3.8, 4) is 0 Å². The number of rotatable bonds is 9. The molecule has 2 heterocycles. The van der Waals surface area contributed by atoms with E-state index < -0.39 is 6.09 Å². The van der Waals surface area contributed by atoms with Crippen LogP contribution in [0.3, 0.4) is 0 Å². The normalized spacial score (nSPS) is 12.8. The molecule has 0 spiro atoms. The van der Waals surface area contributed by atoms with E-state index in [4.69, 9.17) is 14.8 Å². The predicted molar refractivity (Wildman–Crippen MR) is 134 cm³/mol. The summed E-state index contributed by atoms with van der Waals surface area (Å²) in [5, 5.41) is 12.4. The number of hydrogen-bond donors (Lipinski definition) is 2. The van der Waals surface area contributed by atoms with Gasteiger partial charge in [-0.25, -0.2) is 9.78 Å². The Morgan fingerprint density at radius 2 is 1.83 bits per heavy atom. The Bertz CT molecular complexity index is 1190. The van der Waals surface area contributed by atoms with Crippen molar-refractivity contribution in [3.63, 3.8) is 0 Å². The van der Waals surface area contributed by atoms with Crippen LogP contribution in [0.5, 0.6) is 0 Å². The lowest BCUT2D eigenvalue weighted by atomic mass is 10.1. The van der Waals surface area contributed by atoms with E-state index in [0.717, 1.165) is 17.5 Å². The first-order valence-corrected chi connectivity index (χ1v) is 12.1. The van der Waals surface area contributed by atoms with Gasteiger partial charge in [0.25, 0.3) is 5.56 Å². The number of amides is 1. The van der Waals surface area contributed by atoms with Crippen molar-refractivity contribution in [3.05, 3.63) is 92.9 Å². The second kappa shape index (κ2) is 11.7. The van der Waals surface area contributed by atoms with Crippen molar-refractivity contribution in [2.24, 2.45) is 0 Å². The minimum atomic E-state index is -0.439. The number of anilines is 1. The number of fused-ring (bicyclic) bond motifs is 1. The second-order valence-corrected chi connectivity index (χ2v) is 8.64. The van der Waals surface area contributed by atoms with Gasteiger partial charge in [-0.3, -0.25) is 9.36 Å². The number of nitrogens with one attached hydrogen (secondary N) is 1. The van der Waals surface area contributed by atoms with Crippen molar-refractivity contribution < 1.29 is 14.6 Å². The van der Waals surface area contributed by atoms with Crippen molar-refractivity contribution in [1.82, 2.24) is 14.5 Å². The summed E-state index contributed by atoms with van der Waals surface area (Å²) in [5.74, 6) is 0.488. The maximum atomic E-state index is 13.6. The molecule has 2 aromatic carbocycles. The highest BCUT2D eigenvalue weighted by Gasteiger charge is 2.27. The van der Waals surface area contributed by atoms with Gasteiger partial charge in [0.05, 0.1) is 24.3 Å². The van der Waals surface area contributed by atoms with Crippen LogP contribution in [-0.2, 0) is 37.3 Å². The highest BCUT2D eigenvalue weighted by molar-refractivity contribution is 5.68. The van der Waals surface area contributed by atoms with E-state index in [2.05, 4.69) is 24.4 Å². The number of carbonyl (C=O) groups is 1. The molecule has 1 aromatic heterocycles. The molecule has 8 heteroatoms. The van der Waals surface area contributed by atoms with Gasteiger partial charge in [0, 0.05) is 26.1 Å². The lowest BCUT2D eigenvalue weighted by Gasteiger charge is -2.28. The quantitative estimate of drug-likeness (QED) is 0.460. The molecule has 0 atom stereocenters. The van der Waals surface area contributed by atoms with Gasteiger partial charge in [-0.15, -0.1) is 0 Å². The Hall–Kier alpha value is -3.65. The van der Waals surface area contributed by atoms with Gasteiger partial charge in [-0.1, -0.05) is 61.5 Å². The number of nitrogens with zero attached hydrogens (tertiary/aromatic N) is 3. The minimum absolute atomic E-state index is 0.0563. The van der Waals surface area contributed by atoms with Crippen molar-refractivity contribution in [2.45, 2.75) is 45.9 Å². The van der Waals surface area contributed by atoms with Gasteiger partial charge < -0.3 is 20.1 Å². The zero-order valence-electron chi connectivity index (χ0n) is 20.1. The molecule has 0 fully saturated rings. The molecule has 4 rings (SSSR count). The molecule has 0 unspecified atom stereocenters. The fraction of sp³-hybridized carbons (Fsp3) is 0.370. The summed E-state index contributed by atoms with van der Waals surface area (Å²) >= 11 is 0. The molecule has 0 saturated heterocycles. The maximum absolute atomic E-state index is 13.6. The average molecular weight is 477 g/mol. The highest BCUT2D eigenvalue weighted by atomic mass is 16.6. The van der Waals surface area contributed by atoms with Crippen LogP contribution in [0.1, 0.15) is 41.3 Å². The second-order valence-electron chi connectivity index (χ2n) is 8.64. The maximum Gasteiger partial charge on any atom is 0.410 e. The molecule has 0 bridgehead atoms. The van der Waals surface area contributed by atoms with E-state index in [1.54, 1.807) is 9.47 Å². The molecule has 8 nitrogen and oxygen atoms in total. The number of ether oxygens (including phenoxy) is 1. The first-order valence-electron chi connectivity index (χ1n) is 12.1. The van der Waals surface area contributed by atoms with Crippen molar-refractivity contribution in [2.75, 3.05) is 25.0 Å². The average Bonchev–Trinajstić information content (AvgIpc) is 2.90. The van der Waals surface area contributed by atoms with Gasteiger partial charge in [0.2, 0.25) is 5.95 Å². The molecule has 0 saturated carbocycles. The first-order chi connectivity index (χ1) is 17.1. The molecule has 0 aliphatic carbocycles. The number of aromatic nitrogens is 2. The smallest absolute Gasteiger partial charge is 0.410 e. The fourth-order valence-corrected chi connectivity index (χ4v) is 4.10. The first kappa shape index (κ1) is 24.5. The number of hydrogen-bond acceptors (Lipinski definition) is 6. The zero-order valence-corrected chi connectivity index (χ0v) is 20.1. The minimum Gasteiger partial charge on any atom is -0.445 e. The Labute approximate surface area is 205 Å². The standard InChI is InChI=1S/C27H32N4O4/c1-2-20-9-11-21(12-10-20)17-31-25(33)23-18-30(27(34)35-19-22-7-4-3-5-8-22)15-13-24(23)29-26(31)28-14-6-16-32/h3-5,7-12,32H,2,6,13-19H2,1H3,(H,28,29). The van der Waals surface area contributed by atoms with E-state index in [0.29, 0.717) is 49.7 Å². The molecule has 1 amide bonds. The molecule has 1 aliphatic heterocycles. The van der Waals surface area contributed by atoms with Crippen molar-refractivity contribution >= 4 is 12.0 Å². The number of aryl methyl sites for hydroxylation is 1.